The summed E-state index contributed by atoms with van der Waals surface area (Å²) in [6.45, 7) is 2.74. The van der Waals surface area contributed by atoms with Gasteiger partial charge in [-0.05, 0) is 49.9 Å². The number of likely N-dealkylation sites (tertiary alicyclic amines) is 1. The van der Waals surface area contributed by atoms with Gasteiger partial charge in [-0.15, -0.1) is 0 Å². The number of hydrogen-bond donors (Lipinski definition) is 1. The average molecular weight is 363 g/mol. The lowest BCUT2D eigenvalue weighted by Crippen LogP contribution is -2.43. The predicted octanol–water partition coefficient (Wildman–Crippen LogP) is 4.65. The molecule has 1 aromatic heterocycles. The van der Waals surface area contributed by atoms with Crippen LogP contribution < -0.4 is 5.32 Å². The molecule has 1 N–H and O–H groups in total. The van der Waals surface area contributed by atoms with Gasteiger partial charge in [0.2, 0.25) is 0 Å². The Kier molecular flexibility index (Phi) is 5.44. The zero-order chi connectivity index (χ0) is 18.7. The molecular weight excluding hydrogens is 343 g/mol. The number of nitrogens with zero attached hydrogens (tertiary/aromatic N) is 2. The molecule has 0 spiro atoms. The van der Waals surface area contributed by atoms with Gasteiger partial charge in [0, 0.05) is 24.5 Å². The molecule has 0 radical (unpaired) electrons. The Labute approximate surface area is 150 Å². The molecule has 1 aliphatic heterocycles. The highest BCUT2D eigenvalue weighted by Gasteiger charge is 2.27. The lowest BCUT2D eigenvalue weighted by atomic mass is 9.99. The molecule has 1 saturated heterocycles. The maximum absolute atomic E-state index is 13.8. The van der Waals surface area contributed by atoms with Gasteiger partial charge in [0.1, 0.15) is 5.69 Å². The van der Waals surface area contributed by atoms with Crippen LogP contribution in [0.1, 0.15) is 43.1 Å². The predicted molar refractivity (Wildman–Crippen MR) is 92.8 cm³/mol. The monoisotopic (exact) mass is 363 g/mol. The third kappa shape index (κ3) is 3.66. The van der Waals surface area contributed by atoms with Crippen LogP contribution in [0.25, 0.3) is 0 Å². The van der Waals surface area contributed by atoms with E-state index in [0.717, 1.165) is 37.8 Å². The fourth-order valence-corrected chi connectivity index (χ4v) is 3.24. The summed E-state index contributed by atoms with van der Waals surface area (Å²) < 4.78 is 40.2. The summed E-state index contributed by atoms with van der Waals surface area (Å²) in [5.74, 6) is -4.28. The molecule has 0 saturated carbocycles. The van der Waals surface area contributed by atoms with Gasteiger partial charge in [-0.25, -0.2) is 13.2 Å². The van der Waals surface area contributed by atoms with Crippen molar-refractivity contribution < 1.29 is 18.0 Å². The number of rotatable bonds is 4. The van der Waals surface area contributed by atoms with Crippen molar-refractivity contribution in [2.75, 3.05) is 11.9 Å². The largest absolute Gasteiger partial charge is 0.353 e. The van der Waals surface area contributed by atoms with Crippen LogP contribution in [-0.2, 0) is 0 Å². The highest BCUT2D eigenvalue weighted by molar-refractivity contribution is 5.93. The van der Waals surface area contributed by atoms with Crippen molar-refractivity contribution in [3.05, 3.63) is 53.6 Å². The minimum Gasteiger partial charge on any atom is -0.353 e. The second kappa shape index (κ2) is 7.76. The van der Waals surface area contributed by atoms with Gasteiger partial charge in [0.15, 0.2) is 17.5 Å². The Hall–Kier alpha value is -2.57. The van der Waals surface area contributed by atoms with Gasteiger partial charge in [-0.2, -0.15) is 0 Å². The number of amides is 1. The second-order valence-electron chi connectivity index (χ2n) is 6.33. The summed E-state index contributed by atoms with van der Waals surface area (Å²) in [5.41, 5.74) is 0.398. The summed E-state index contributed by atoms with van der Waals surface area (Å²) >= 11 is 0. The Balaban J connectivity index is 1.82. The van der Waals surface area contributed by atoms with E-state index in [2.05, 4.69) is 10.3 Å². The van der Waals surface area contributed by atoms with Crippen molar-refractivity contribution in [2.45, 2.75) is 38.6 Å². The van der Waals surface area contributed by atoms with Gasteiger partial charge in [-0.1, -0.05) is 6.92 Å². The zero-order valence-electron chi connectivity index (χ0n) is 14.4. The number of benzene rings is 1. The summed E-state index contributed by atoms with van der Waals surface area (Å²) in [6.07, 6.45) is 5.34. The van der Waals surface area contributed by atoms with Crippen molar-refractivity contribution in [1.29, 1.82) is 0 Å². The van der Waals surface area contributed by atoms with E-state index in [9.17, 15) is 18.0 Å². The van der Waals surface area contributed by atoms with Gasteiger partial charge >= 0.3 is 0 Å². The number of aromatic nitrogens is 1. The van der Waals surface area contributed by atoms with Crippen LogP contribution in [0, 0.1) is 17.5 Å². The molecule has 1 fully saturated rings. The highest BCUT2D eigenvalue weighted by atomic mass is 19.2. The van der Waals surface area contributed by atoms with Crippen LogP contribution in [0.5, 0.6) is 0 Å². The third-order valence-electron chi connectivity index (χ3n) is 4.65. The molecule has 1 unspecified atom stereocenters. The van der Waals surface area contributed by atoms with E-state index in [0.29, 0.717) is 12.2 Å². The van der Waals surface area contributed by atoms with Crippen LogP contribution in [0.2, 0.25) is 0 Å². The number of carbonyl (C=O) groups excluding carboxylic acids is 1. The number of nitrogens with one attached hydrogen (secondary N) is 1. The number of pyridine rings is 1. The van der Waals surface area contributed by atoms with Crippen molar-refractivity contribution in [2.24, 2.45) is 0 Å². The molecule has 138 valence electrons. The molecule has 7 heteroatoms. The quantitative estimate of drug-likeness (QED) is 0.805. The number of halogens is 3. The maximum atomic E-state index is 13.8. The third-order valence-corrected chi connectivity index (χ3v) is 4.65. The summed E-state index contributed by atoms with van der Waals surface area (Å²) in [7, 11) is 0. The lowest BCUT2D eigenvalue weighted by molar-refractivity contribution is 0.0602. The van der Waals surface area contributed by atoms with Crippen LogP contribution in [-0.4, -0.2) is 28.4 Å². The van der Waals surface area contributed by atoms with E-state index in [-0.39, 0.29) is 23.3 Å². The summed E-state index contributed by atoms with van der Waals surface area (Å²) in [6, 6.07) is 5.16. The maximum Gasteiger partial charge on any atom is 0.272 e. The van der Waals surface area contributed by atoms with E-state index >= 15 is 0 Å². The standard InChI is InChI=1S/C19H20F3N3O/c1-2-13-5-3-4-10-25(13)19(26)16-11-12(8-9-23-16)24-15-7-6-14(20)17(21)18(15)22/h6-9,11,13H,2-5,10H2,1H3,(H,23,24). The number of anilines is 2. The number of hydrogen-bond acceptors (Lipinski definition) is 3. The Morgan fingerprint density at radius 3 is 2.81 bits per heavy atom. The molecule has 0 bridgehead atoms. The molecule has 4 nitrogen and oxygen atoms in total. The van der Waals surface area contributed by atoms with Crippen LogP contribution >= 0.6 is 0 Å². The fourth-order valence-electron chi connectivity index (χ4n) is 3.24. The molecule has 1 aromatic carbocycles. The Morgan fingerprint density at radius 2 is 2.04 bits per heavy atom. The topological polar surface area (TPSA) is 45.2 Å². The van der Waals surface area contributed by atoms with Crippen molar-refractivity contribution in [3.8, 4) is 0 Å². The minimum absolute atomic E-state index is 0.175. The second-order valence-corrected chi connectivity index (χ2v) is 6.33. The van der Waals surface area contributed by atoms with Crippen LogP contribution in [0.15, 0.2) is 30.5 Å². The molecule has 2 heterocycles. The van der Waals surface area contributed by atoms with E-state index < -0.39 is 17.5 Å². The normalized spacial score (nSPS) is 17.2. The Morgan fingerprint density at radius 1 is 1.23 bits per heavy atom. The first-order chi connectivity index (χ1) is 12.5. The minimum atomic E-state index is -1.54. The first kappa shape index (κ1) is 18.2. The van der Waals surface area contributed by atoms with Gasteiger partial charge < -0.3 is 10.2 Å². The molecule has 26 heavy (non-hydrogen) atoms. The molecule has 1 aliphatic rings. The first-order valence-corrected chi connectivity index (χ1v) is 8.68. The smallest absolute Gasteiger partial charge is 0.272 e. The van der Waals surface area contributed by atoms with Crippen LogP contribution in [0.3, 0.4) is 0 Å². The fraction of sp³-hybridized carbons (Fsp3) is 0.368. The van der Waals surface area contributed by atoms with Crippen molar-refractivity contribution in [3.63, 3.8) is 0 Å². The van der Waals surface area contributed by atoms with Crippen molar-refractivity contribution >= 4 is 17.3 Å². The van der Waals surface area contributed by atoms with Gasteiger partial charge in [0.25, 0.3) is 5.91 Å². The highest BCUT2D eigenvalue weighted by Crippen LogP contribution is 2.25. The Bertz CT molecular complexity index is 813. The van der Waals surface area contributed by atoms with Crippen LogP contribution in [0.4, 0.5) is 24.5 Å². The van der Waals surface area contributed by atoms with E-state index in [1.54, 1.807) is 0 Å². The number of piperidine rings is 1. The lowest BCUT2D eigenvalue weighted by Gasteiger charge is -2.35. The van der Waals surface area contributed by atoms with Gasteiger partial charge in [-0.3, -0.25) is 9.78 Å². The first-order valence-electron chi connectivity index (χ1n) is 8.68. The molecular formula is C19H20F3N3O. The van der Waals surface area contributed by atoms with E-state index in [1.807, 2.05) is 11.8 Å². The number of carbonyl (C=O) groups is 1. The van der Waals surface area contributed by atoms with Gasteiger partial charge in [0.05, 0.1) is 5.69 Å². The zero-order valence-corrected chi connectivity index (χ0v) is 14.4. The molecule has 2 aromatic rings. The molecule has 3 rings (SSSR count). The SMILES string of the molecule is CCC1CCCCN1C(=O)c1cc(Nc2ccc(F)c(F)c2F)ccn1. The molecule has 1 atom stereocenters. The molecule has 0 aliphatic carbocycles. The summed E-state index contributed by atoms with van der Waals surface area (Å²) in [5, 5.41) is 2.67. The van der Waals surface area contributed by atoms with E-state index in [1.165, 1.54) is 18.3 Å². The average Bonchev–Trinajstić information content (AvgIpc) is 2.68. The summed E-state index contributed by atoms with van der Waals surface area (Å²) in [4.78, 5) is 18.7. The van der Waals surface area contributed by atoms with Crippen molar-refractivity contribution in [1.82, 2.24) is 9.88 Å². The molecule has 1 amide bonds. The van der Waals surface area contributed by atoms with E-state index in [4.69, 9.17) is 0 Å².